The molecule has 1 fully saturated rings. The summed E-state index contributed by atoms with van der Waals surface area (Å²) in [5, 5.41) is 9.73. The Labute approximate surface area is 152 Å². The van der Waals surface area contributed by atoms with E-state index >= 15 is 0 Å². The molecule has 1 amide bonds. The lowest BCUT2D eigenvalue weighted by molar-refractivity contribution is -0.137. The number of hydrogen-bond acceptors (Lipinski definition) is 4. The van der Waals surface area contributed by atoms with E-state index in [0.717, 1.165) is 55.5 Å². The molecule has 0 unspecified atom stereocenters. The van der Waals surface area contributed by atoms with Gasteiger partial charge in [0.25, 0.3) is 0 Å². The van der Waals surface area contributed by atoms with Crippen molar-refractivity contribution in [3.63, 3.8) is 0 Å². The van der Waals surface area contributed by atoms with Crippen molar-refractivity contribution in [3.8, 4) is 0 Å². The van der Waals surface area contributed by atoms with Crippen LogP contribution in [0.3, 0.4) is 0 Å². The molecule has 3 N–H and O–H groups in total. The number of carbonyl (C=O) groups is 1. The van der Waals surface area contributed by atoms with Crippen molar-refractivity contribution < 1.29 is 10.0 Å². The van der Waals surface area contributed by atoms with Crippen LogP contribution in [0.15, 0.2) is 18.2 Å². The molecule has 136 valence electrons. The van der Waals surface area contributed by atoms with Gasteiger partial charge in [0, 0.05) is 18.1 Å². The van der Waals surface area contributed by atoms with Crippen LogP contribution in [-0.2, 0) is 4.79 Å². The number of amides is 1. The van der Waals surface area contributed by atoms with E-state index in [1.807, 2.05) is 23.1 Å². The van der Waals surface area contributed by atoms with Gasteiger partial charge in [0.05, 0.1) is 23.0 Å². The number of likely N-dealkylation sites (tertiary alicyclic amines) is 1. The number of aromatic amines is 1. The summed E-state index contributed by atoms with van der Waals surface area (Å²) < 4.78 is 0. The molecule has 6 nitrogen and oxygen atoms in total. The number of benzene rings is 1. The number of nitrogens with one attached hydrogen (secondary N) is 2. The van der Waals surface area contributed by atoms with Gasteiger partial charge in [-0.05, 0) is 37.5 Å². The van der Waals surface area contributed by atoms with Gasteiger partial charge >= 0.3 is 0 Å². The smallest absolute Gasteiger partial charge is 0.227 e. The number of hydroxylamine groups is 1. The number of unbranched alkanes of at least 4 members (excludes halogenated alkanes) is 1. The van der Waals surface area contributed by atoms with Gasteiger partial charge in [0.15, 0.2) is 0 Å². The minimum absolute atomic E-state index is 0.0403. The molecular formula is C18H25ClN4O2. The highest BCUT2D eigenvalue weighted by molar-refractivity contribution is 6.31. The van der Waals surface area contributed by atoms with Gasteiger partial charge in [-0.15, -0.1) is 0 Å². The summed E-state index contributed by atoms with van der Waals surface area (Å²) in [6.45, 7) is 3.12. The molecule has 2 atom stereocenters. The van der Waals surface area contributed by atoms with E-state index in [4.69, 9.17) is 16.8 Å². The number of H-pyrrole nitrogens is 1. The molecule has 0 saturated carbocycles. The van der Waals surface area contributed by atoms with Crippen LogP contribution in [0, 0.1) is 5.92 Å². The van der Waals surface area contributed by atoms with Gasteiger partial charge in [-0.3, -0.25) is 4.79 Å². The van der Waals surface area contributed by atoms with E-state index in [9.17, 15) is 4.79 Å². The second-order valence-electron chi connectivity index (χ2n) is 6.67. The Morgan fingerprint density at radius 3 is 3.16 bits per heavy atom. The number of aromatic nitrogens is 2. The second kappa shape index (κ2) is 8.17. The number of nitrogens with zero attached hydrogens (tertiary/aromatic N) is 2. The topological polar surface area (TPSA) is 81.2 Å². The lowest BCUT2D eigenvalue weighted by atomic mass is 10.00. The zero-order valence-corrected chi connectivity index (χ0v) is 15.2. The molecule has 25 heavy (non-hydrogen) atoms. The third-order valence-electron chi connectivity index (χ3n) is 4.91. The Balaban J connectivity index is 1.81. The fourth-order valence-electron chi connectivity index (χ4n) is 3.58. The average molecular weight is 365 g/mol. The number of fused-ring (bicyclic) bond motifs is 1. The number of halogens is 1. The lowest BCUT2D eigenvalue weighted by Crippen LogP contribution is -2.39. The van der Waals surface area contributed by atoms with Gasteiger partial charge in [0.2, 0.25) is 5.91 Å². The molecule has 2 aromatic rings. The fraction of sp³-hybridized carbons (Fsp3) is 0.556. The Bertz CT molecular complexity index is 733. The van der Waals surface area contributed by atoms with Crippen molar-refractivity contribution in [3.05, 3.63) is 29.0 Å². The molecule has 0 aliphatic carbocycles. The summed E-state index contributed by atoms with van der Waals surface area (Å²) in [5.74, 6) is 0.703. The zero-order valence-electron chi connectivity index (χ0n) is 14.5. The SMILES string of the molecule is CCCC[C@H](CNO)C(=O)N1CCC[C@H]1c1nc2cc(Cl)ccc2[nH]1. The van der Waals surface area contributed by atoms with Crippen LogP contribution in [0.2, 0.25) is 5.02 Å². The van der Waals surface area contributed by atoms with E-state index in [0.29, 0.717) is 5.02 Å². The Morgan fingerprint density at radius 2 is 2.40 bits per heavy atom. The summed E-state index contributed by atoms with van der Waals surface area (Å²) in [6.07, 6.45) is 4.64. The van der Waals surface area contributed by atoms with E-state index in [1.54, 1.807) is 0 Å². The van der Waals surface area contributed by atoms with Crippen LogP contribution < -0.4 is 5.48 Å². The minimum atomic E-state index is -0.204. The molecule has 1 aliphatic rings. The molecule has 0 bridgehead atoms. The average Bonchev–Trinajstić information content (AvgIpc) is 3.23. The minimum Gasteiger partial charge on any atom is -0.340 e. The van der Waals surface area contributed by atoms with Crippen LogP contribution in [-0.4, -0.2) is 39.1 Å². The monoisotopic (exact) mass is 364 g/mol. The third kappa shape index (κ3) is 3.97. The van der Waals surface area contributed by atoms with Gasteiger partial charge in [-0.25, -0.2) is 10.5 Å². The maximum Gasteiger partial charge on any atom is 0.227 e. The van der Waals surface area contributed by atoms with E-state index < -0.39 is 0 Å². The van der Waals surface area contributed by atoms with Gasteiger partial charge in [0.1, 0.15) is 5.82 Å². The number of hydrogen-bond donors (Lipinski definition) is 3. The normalized spacial score (nSPS) is 18.8. The Morgan fingerprint density at radius 1 is 1.56 bits per heavy atom. The van der Waals surface area contributed by atoms with Crippen molar-refractivity contribution in [1.29, 1.82) is 0 Å². The van der Waals surface area contributed by atoms with Crippen molar-refractivity contribution in [1.82, 2.24) is 20.3 Å². The van der Waals surface area contributed by atoms with Gasteiger partial charge < -0.3 is 15.1 Å². The molecule has 1 saturated heterocycles. The van der Waals surface area contributed by atoms with Crippen LogP contribution in [0.4, 0.5) is 0 Å². The van der Waals surface area contributed by atoms with E-state index in [2.05, 4.69) is 22.4 Å². The predicted octanol–water partition coefficient (Wildman–Crippen LogP) is 3.67. The summed E-state index contributed by atoms with van der Waals surface area (Å²) in [5.41, 5.74) is 3.93. The number of imidazole rings is 1. The Hall–Kier alpha value is -1.63. The van der Waals surface area contributed by atoms with Crippen molar-refractivity contribution in [2.24, 2.45) is 5.92 Å². The van der Waals surface area contributed by atoms with Crippen molar-refractivity contribution >= 4 is 28.5 Å². The molecule has 1 aromatic carbocycles. The summed E-state index contributed by atoms with van der Waals surface area (Å²) >= 11 is 6.04. The van der Waals surface area contributed by atoms with Crippen LogP contribution in [0.25, 0.3) is 11.0 Å². The highest BCUT2D eigenvalue weighted by atomic mass is 35.5. The highest BCUT2D eigenvalue weighted by Gasteiger charge is 2.35. The molecule has 0 radical (unpaired) electrons. The third-order valence-corrected chi connectivity index (χ3v) is 5.14. The van der Waals surface area contributed by atoms with Crippen LogP contribution in [0.1, 0.15) is 50.9 Å². The molecule has 3 rings (SSSR count). The van der Waals surface area contributed by atoms with Crippen LogP contribution >= 0.6 is 11.6 Å². The zero-order chi connectivity index (χ0) is 17.8. The van der Waals surface area contributed by atoms with E-state index in [1.165, 1.54) is 0 Å². The molecule has 7 heteroatoms. The summed E-state index contributed by atoms with van der Waals surface area (Å²) in [4.78, 5) is 22.9. The molecular weight excluding hydrogens is 340 g/mol. The quantitative estimate of drug-likeness (QED) is 0.655. The van der Waals surface area contributed by atoms with Crippen LogP contribution in [0.5, 0.6) is 0 Å². The molecule has 1 aromatic heterocycles. The maximum absolute atomic E-state index is 13.0. The fourth-order valence-corrected chi connectivity index (χ4v) is 3.75. The largest absolute Gasteiger partial charge is 0.340 e. The van der Waals surface area contributed by atoms with Gasteiger partial charge in [-0.1, -0.05) is 31.4 Å². The van der Waals surface area contributed by atoms with Crippen molar-refractivity contribution in [2.45, 2.75) is 45.1 Å². The molecule has 1 aliphatic heterocycles. The first kappa shape index (κ1) is 18.2. The highest BCUT2D eigenvalue weighted by Crippen LogP contribution is 2.33. The summed E-state index contributed by atoms with van der Waals surface area (Å²) in [7, 11) is 0. The number of rotatable bonds is 7. The van der Waals surface area contributed by atoms with Crippen molar-refractivity contribution in [2.75, 3.05) is 13.1 Å². The maximum atomic E-state index is 13.0. The first-order valence-corrected chi connectivity index (χ1v) is 9.34. The summed E-state index contributed by atoms with van der Waals surface area (Å²) in [6, 6.07) is 5.53. The molecule has 2 heterocycles. The van der Waals surface area contributed by atoms with E-state index in [-0.39, 0.29) is 24.4 Å². The first-order chi connectivity index (χ1) is 12.1. The Kier molecular flexibility index (Phi) is 5.93. The second-order valence-corrected chi connectivity index (χ2v) is 7.11. The predicted molar refractivity (Wildman–Crippen MR) is 97.6 cm³/mol. The van der Waals surface area contributed by atoms with Gasteiger partial charge in [-0.2, -0.15) is 0 Å². The lowest BCUT2D eigenvalue weighted by Gasteiger charge is -2.27. The molecule has 0 spiro atoms. The first-order valence-electron chi connectivity index (χ1n) is 8.96. The number of carbonyl (C=O) groups excluding carboxylic acids is 1. The standard InChI is InChI=1S/C18H25ClN4O2/c1-2-3-5-12(11-20-25)18(24)23-9-4-6-16(23)17-21-14-8-7-13(19)10-15(14)22-17/h7-8,10,12,16,20,25H,2-6,9,11H2,1H3,(H,21,22)/t12-,16+/m1/s1.